The number of carbonyl (C=O) groups is 2. The van der Waals surface area contributed by atoms with E-state index in [-0.39, 0.29) is 31.5 Å². The van der Waals surface area contributed by atoms with Crippen LogP contribution in [0.15, 0.2) is 30.5 Å². The maximum Gasteiger partial charge on any atom is 0.305 e. The van der Waals surface area contributed by atoms with Crippen LogP contribution >= 0.6 is 0 Å². The molecule has 2 aromatic rings. The van der Waals surface area contributed by atoms with E-state index in [1.54, 1.807) is 15.8 Å². The summed E-state index contributed by atoms with van der Waals surface area (Å²) in [6, 6.07) is 7.62. The third-order valence-corrected chi connectivity index (χ3v) is 3.35. The summed E-state index contributed by atoms with van der Waals surface area (Å²) in [5.41, 5.74) is 0.896. The van der Waals surface area contributed by atoms with E-state index in [9.17, 15) is 9.59 Å². The van der Waals surface area contributed by atoms with E-state index < -0.39 is 5.97 Å². The minimum Gasteiger partial charge on any atom is -0.481 e. The molecule has 0 saturated carbocycles. The number of rotatable bonds is 6. The van der Waals surface area contributed by atoms with E-state index in [1.165, 1.54) is 0 Å². The van der Waals surface area contributed by atoms with E-state index in [0.717, 1.165) is 10.9 Å². The fourth-order valence-corrected chi connectivity index (χ4v) is 2.26. The Labute approximate surface area is 123 Å². The highest BCUT2D eigenvalue weighted by Crippen LogP contribution is 2.13. The SMILES string of the molecule is CC(C)N(CCC(=O)O)C(=O)Cn1ncc2ccccc21. The molecule has 0 fully saturated rings. The second-order valence-electron chi connectivity index (χ2n) is 5.19. The van der Waals surface area contributed by atoms with Crippen molar-refractivity contribution in [1.29, 1.82) is 0 Å². The molecule has 0 aliphatic heterocycles. The van der Waals surface area contributed by atoms with Gasteiger partial charge in [-0.15, -0.1) is 0 Å². The molecule has 1 aromatic carbocycles. The van der Waals surface area contributed by atoms with Gasteiger partial charge in [-0.3, -0.25) is 14.3 Å². The van der Waals surface area contributed by atoms with Gasteiger partial charge in [-0.1, -0.05) is 18.2 Å². The lowest BCUT2D eigenvalue weighted by molar-refractivity contribution is -0.139. The second kappa shape index (κ2) is 6.39. The van der Waals surface area contributed by atoms with Gasteiger partial charge in [0.15, 0.2) is 0 Å². The monoisotopic (exact) mass is 289 g/mol. The van der Waals surface area contributed by atoms with E-state index in [0.29, 0.717) is 0 Å². The summed E-state index contributed by atoms with van der Waals surface area (Å²) < 4.78 is 1.65. The molecule has 1 amide bonds. The van der Waals surface area contributed by atoms with Crippen LogP contribution in [0.5, 0.6) is 0 Å². The first kappa shape index (κ1) is 15.0. The number of carboxylic acids is 1. The summed E-state index contributed by atoms with van der Waals surface area (Å²) in [5.74, 6) is -1.03. The zero-order valence-corrected chi connectivity index (χ0v) is 12.2. The Kier molecular flexibility index (Phi) is 4.57. The van der Waals surface area contributed by atoms with E-state index in [1.807, 2.05) is 38.1 Å². The Balaban J connectivity index is 2.12. The minimum atomic E-state index is -0.905. The van der Waals surface area contributed by atoms with Crippen molar-refractivity contribution in [2.45, 2.75) is 32.9 Å². The Bertz CT molecular complexity index is 648. The zero-order chi connectivity index (χ0) is 15.4. The average molecular weight is 289 g/mol. The van der Waals surface area contributed by atoms with Crippen LogP contribution in [-0.2, 0) is 16.1 Å². The highest BCUT2D eigenvalue weighted by atomic mass is 16.4. The van der Waals surface area contributed by atoms with Gasteiger partial charge in [0.1, 0.15) is 6.54 Å². The van der Waals surface area contributed by atoms with Gasteiger partial charge < -0.3 is 10.0 Å². The normalized spacial score (nSPS) is 11.0. The molecule has 0 radical (unpaired) electrons. The summed E-state index contributed by atoms with van der Waals surface area (Å²) in [5, 5.41) is 14.0. The van der Waals surface area contributed by atoms with Crippen molar-refractivity contribution in [3.05, 3.63) is 30.5 Å². The van der Waals surface area contributed by atoms with Gasteiger partial charge >= 0.3 is 5.97 Å². The van der Waals surface area contributed by atoms with Crippen LogP contribution in [0.4, 0.5) is 0 Å². The number of para-hydroxylation sites is 1. The summed E-state index contributed by atoms with van der Waals surface area (Å²) >= 11 is 0. The van der Waals surface area contributed by atoms with Crippen molar-refractivity contribution in [3.8, 4) is 0 Å². The molecule has 1 N–H and O–H groups in total. The zero-order valence-electron chi connectivity index (χ0n) is 12.2. The van der Waals surface area contributed by atoms with Gasteiger partial charge in [0, 0.05) is 18.0 Å². The molecule has 0 saturated heterocycles. The lowest BCUT2D eigenvalue weighted by Crippen LogP contribution is -2.40. The predicted molar refractivity (Wildman–Crippen MR) is 78.8 cm³/mol. The third kappa shape index (κ3) is 3.59. The maximum atomic E-state index is 12.4. The molecule has 2 rings (SSSR count). The number of aliphatic carboxylic acids is 1. The van der Waals surface area contributed by atoms with Crippen LogP contribution in [0, 0.1) is 0 Å². The van der Waals surface area contributed by atoms with Gasteiger partial charge in [-0.2, -0.15) is 5.10 Å². The molecule has 0 atom stereocenters. The first-order valence-electron chi connectivity index (χ1n) is 6.91. The van der Waals surface area contributed by atoms with Gasteiger partial charge in [0.05, 0.1) is 18.1 Å². The number of hydrogen-bond acceptors (Lipinski definition) is 3. The Morgan fingerprint density at radius 1 is 1.33 bits per heavy atom. The smallest absolute Gasteiger partial charge is 0.305 e. The Morgan fingerprint density at radius 3 is 2.71 bits per heavy atom. The number of benzene rings is 1. The standard InChI is InChI=1S/C15H19N3O3/c1-11(2)17(8-7-15(20)21)14(19)10-18-13-6-4-3-5-12(13)9-16-18/h3-6,9,11H,7-8,10H2,1-2H3,(H,20,21). The molecule has 0 aliphatic carbocycles. The molecule has 0 unspecified atom stereocenters. The average Bonchev–Trinajstić information content (AvgIpc) is 2.82. The molecular formula is C15H19N3O3. The molecule has 21 heavy (non-hydrogen) atoms. The first-order valence-corrected chi connectivity index (χ1v) is 6.91. The maximum absolute atomic E-state index is 12.4. The quantitative estimate of drug-likeness (QED) is 0.879. The number of fused-ring (bicyclic) bond motifs is 1. The highest BCUT2D eigenvalue weighted by Gasteiger charge is 2.19. The van der Waals surface area contributed by atoms with E-state index in [2.05, 4.69) is 5.10 Å². The number of carboxylic acid groups (broad SMARTS) is 1. The van der Waals surface area contributed by atoms with E-state index >= 15 is 0 Å². The number of hydrogen-bond donors (Lipinski definition) is 1. The largest absolute Gasteiger partial charge is 0.481 e. The van der Waals surface area contributed by atoms with E-state index in [4.69, 9.17) is 5.11 Å². The molecule has 1 heterocycles. The number of aromatic nitrogens is 2. The van der Waals surface area contributed by atoms with Crippen molar-refractivity contribution in [2.24, 2.45) is 0 Å². The van der Waals surface area contributed by atoms with Crippen LogP contribution in [0.2, 0.25) is 0 Å². The lowest BCUT2D eigenvalue weighted by atomic mass is 10.2. The van der Waals surface area contributed by atoms with Gasteiger partial charge in [-0.05, 0) is 19.9 Å². The Morgan fingerprint density at radius 2 is 2.05 bits per heavy atom. The highest BCUT2D eigenvalue weighted by molar-refractivity contribution is 5.82. The van der Waals surface area contributed by atoms with Crippen LogP contribution < -0.4 is 0 Å². The molecule has 0 aliphatic rings. The molecule has 0 spiro atoms. The van der Waals surface area contributed by atoms with Crippen molar-refractivity contribution in [3.63, 3.8) is 0 Å². The summed E-state index contributed by atoms with van der Waals surface area (Å²) in [4.78, 5) is 24.6. The summed E-state index contributed by atoms with van der Waals surface area (Å²) in [7, 11) is 0. The number of carbonyl (C=O) groups excluding carboxylic acids is 1. The van der Waals surface area contributed by atoms with Crippen molar-refractivity contribution >= 4 is 22.8 Å². The number of nitrogens with zero attached hydrogens (tertiary/aromatic N) is 3. The molecule has 0 bridgehead atoms. The van der Waals surface area contributed by atoms with Crippen LogP contribution in [0.25, 0.3) is 10.9 Å². The van der Waals surface area contributed by atoms with Gasteiger partial charge in [0.25, 0.3) is 0 Å². The van der Waals surface area contributed by atoms with Crippen LogP contribution in [0.3, 0.4) is 0 Å². The molecule has 1 aromatic heterocycles. The van der Waals surface area contributed by atoms with Crippen LogP contribution in [-0.4, -0.2) is 44.3 Å². The lowest BCUT2D eigenvalue weighted by Gasteiger charge is -2.26. The topological polar surface area (TPSA) is 75.4 Å². The van der Waals surface area contributed by atoms with Gasteiger partial charge in [0.2, 0.25) is 5.91 Å². The van der Waals surface area contributed by atoms with Crippen molar-refractivity contribution in [1.82, 2.24) is 14.7 Å². The summed E-state index contributed by atoms with van der Waals surface area (Å²) in [6.07, 6.45) is 1.67. The molecule has 6 nitrogen and oxygen atoms in total. The van der Waals surface area contributed by atoms with Gasteiger partial charge in [-0.25, -0.2) is 0 Å². The molecular weight excluding hydrogens is 270 g/mol. The fraction of sp³-hybridized carbons (Fsp3) is 0.400. The first-order chi connectivity index (χ1) is 9.99. The number of amides is 1. The fourth-order valence-electron chi connectivity index (χ4n) is 2.26. The predicted octanol–water partition coefficient (Wildman–Crippen LogP) is 1.75. The summed E-state index contributed by atoms with van der Waals surface area (Å²) in [6.45, 7) is 4.08. The molecule has 6 heteroatoms. The van der Waals surface area contributed by atoms with Crippen molar-refractivity contribution in [2.75, 3.05) is 6.54 Å². The third-order valence-electron chi connectivity index (χ3n) is 3.35. The van der Waals surface area contributed by atoms with Crippen molar-refractivity contribution < 1.29 is 14.7 Å². The minimum absolute atomic E-state index is 0.0429. The second-order valence-corrected chi connectivity index (χ2v) is 5.19. The molecule has 112 valence electrons. The Hall–Kier alpha value is -2.37. The van der Waals surface area contributed by atoms with Crippen LogP contribution in [0.1, 0.15) is 20.3 Å².